The lowest BCUT2D eigenvalue weighted by atomic mass is 10.2. The van der Waals surface area contributed by atoms with Crippen LogP contribution in [0.2, 0.25) is 0 Å². The summed E-state index contributed by atoms with van der Waals surface area (Å²) < 4.78 is 79.6. The summed E-state index contributed by atoms with van der Waals surface area (Å²) >= 11 is 3.94. The van der Waals surface area contributed by atoms with E-state index in [1.807, 2.05) is 0 Å². The number of anilines is 2. The number of ether oxygens (including phenoxy) is 2. The summed E-state index contributed by atoms with van der Waals surface area (Å²) in [6.45, 7) is 1.25. The van der Waals surface area contributed by atoms with E-state index in [2.05, 4.69) is 31.0 Å². The molecule has 0 saturated carbocycles. The van der Waals surface area contributed by atoms with Gasteiger partial charge >= 0.3 is 5.97 Å². The van der Waals surface area contributed by atoms with Crippen molar-refractivity contribution in [2.24, 2.45) is 0 Å². The second-order valence-corrected chi connectivity index (χ2v) is 11.3. The lowest BCUT2D eigenvalue weighted by Crippen LogP contribution is -2.20. The maximum Gasteiger partial charge on any atom is 0.338 e. The number of hydrogen-bond acceptors (Lipinski definition) is 8. The van der Waals surface area contributed by atoms with Gasteiger partial charge in [0.05, 0.1) is 16.9 Å². The van der Waals surface area contributed by atoms with E-state index in [0.717, 1.165) is 6.07 Å². The van der Waals surface area contributed by atoms with Crippen LogP contribution in [0.15, 0.2) is 57.9 Å². The molecule has 15 heteroatoms. The van der Waals surface area contributed by atoms with E-state index in [1.54, 1.807) is 13.0 Å². The van der Waals surface area contributed by atoms with E-state index in [-0.39, 0.29) is 38.3 Å². The first-order valence-electron chi connectivity index (χ1n) is 10.9. The normalized spacial score (nSPS) is 11.3. The van der Waals surface area contributed by atoms with Gasteiger partial charge in [0.15, 0.2) is 29.2 Å². The predicted octanol–water partition coefficient (Wildman–Crippen LogP) is 5.47. The van der Waals surface area contributed by atoms with E-state index in [9.17, 15) is 31.2 Å². The fourth-order valence-electron chi connectivity index (χ4n) is 3.25. The Morgan fingerprint density at radius 3 is 2.46 bits per heavy atom. The minimum absolute atomic E-state index is 0.0243. The molecule has 0 aliphatic carbocycles. The number of halogens is 4. The third-order valence-corrected chi connectivity index (χ3v) is 7.78. The average Bonchev–Trinajstić information content (AvgIpc) is 3.29. The Bertz CT molecular complexity index is 1680. The number of esters is 1. The van der Waals surface area contributed by atoms with Crippen molar-refractivity contribution < 1.29 is 40.7 Å². The van der Waals surface area contributed by atoms with Crippen molar-refractivity contribution in [3.05, 3.63) is 76.0 Å². The fraction of sp³-hybridized carbons (Fsp3) is 0.125. The topological polar surface area (TPSA) is 124 Å². The highest BCUT2D eigenvalue weighted by Crippen LogP contribution is 2.31. The summed E-state index contributed by atoms with van der Waals surface area (Å²) in [6.07, 6.45) is 0. The molecule has 3 aromatic carbocycles. The molecule has 204 valence electrons. The van der Waals surface area contributed by atoms with Crippen LogP contribution in [0.1, 0.15) is 17.3 Å². The van der Waals surface area contributed by atoms with Crippen molar-refractivity contribution >= 4 is 70.2 Å². The summed E-state index contributed by atoms with van der Waals surface area (Å²) in [5.41, 5.74) is -0.269. The third kappa shape index (κ3) is 6.49. The van der Waals surface area contributed by atoms with Gasteiger partial charge in [0.25, 0.3) is 15.9 Å². The number of carbonyl (C=O) groups excluding carboxylic acids is 2. The Labute approximate surface area is 232 Å². The fourth-order valence-corrected chi connectivity index (χ4v) is 5.90. The van der Waals surface area contributed by atoms with Crippen LogP contribution in [0.5, 0.6) is 5.75 Å². The average molecular weight is 644 g/mol. The van der Waals surface area contributed by atoms with Crippen LogP contribution in [-0.4, -0.2) is 38.5 Å². The first kappa shape index (κ1) is 28.3. The highest BCUT2D eigenvalue weighted by Gasteiger charge is 2.22. The van der Waals surface area contributed by atoms with Gasteiger partial charge < -0.3 is 9.47 Å². The molecule has 0 saturated heterocycles. The second kappa shape index (κ2) is 11.6. The van der Waals surface area contributed by atoms with Crippen LogP contribution in [-0.2, 0) is 19.6 Å². The van der Waals surface area contributed by atoms with Crippen LogP contribution >= 0.6 is 27.3 Å². The number of rotatable bonds is 9. The Morgan fingerprint density at radius 2 is 1.77 bits per heavy atom. The maximum atomic E-state index is 13.8. The van der Waals surface area contributed by atoms with E-state index in [4.69, 9.17) is 9.47 Å². The summed E-state index contributed by atoms with van der Waals surface area (Å²) in [4.78, 5) is 28.1. The molecule has 0 fully saturated rings. The molecule has 39 heavy (non-hydrogen) atoms. The third-order valence-electron chi connectivity index (χ3n) is 4.97. The quantitative estimate of drug-likeness (QED) is 0.183. The summed E-state index contributed by atoms with van der Waals surface area (Å²) in [5, 5.41) is 2.11. The Hall–Kier alpha value is -3.69. The van der Waals surface area contributed by atoms with Crippen molar-refractivity contribution in [3.63, 3.8) is 0 Å². The number of thiazole rings is 1. The van der Waals surface area contributed by atoms with Crippen molar-refractivity contribution in [1.82, 2.24) is 4.98 Å². The number of sulfonamides is 1. The second-order valence-electron chi connectivity index (χ2n) is 7.68. The first-order chi connectivity index (χ1) is 18.5. The van der Waals surface area contributed by atoms with E-state index < -0.39 is 51.5 Å². The molecule has 0 aliphatic heterocycles. The minimum atomic E-state index is -4.03. The van der Waals surface area contributed by atoms with E-state index in [1.165, 1.54) is 36.4 Å². The van der Waals surface area contributed by atoms with Crippen molar-refractivity contribution in [1.29, 1.82) is 0 Å². The number of benzene rings is 3. The molecule has 4 aromatic rings. The van der Waals surface area contributed by atoms with Gasteiger partial charge in [-0.1, -0.05) is 27.3 Å². The zero-order valence-corrected chi connectivity index (χ0v) is 23.0. The standard InChI is InChI=1S/C24H17BrF3N3O6S2/c1-2-36-16-8-5-13(25)9-18(16)39(34,35)31-14-6-3-12(4-7-14)23(33)37-11-19(32)29-24-30-22-17(38-24)10-15(26)20(27)21(22)28/h3-10,31H,2,11H2,1H3,(H,29,30,32). The van der Waals surface area contributed by atoms with Crippen LogP contribution in [0.25, 0.3) is 10.2 Å². The highest BCUT2D eigenvalue weighted by atomic mass is 79.9. The maximum absolute atomic E-state index is 13.8. The molecule has 1 heterocycles. The molecule has 4 rings (SSSR count). The van der Waals surface area contributed by atoms with Crippen molar-refractivity contribution in [2.45, 2.75) is 11.8 Å². The number of aromatic nitrogens is 1. The van der Waals surface area contributed by atoms with Crippen LogP contribution in [0.4, 0.5) is 24.0 Å². The smallest absolute Gasteiger partial charge is 0.338 e. The summed E-state index contributed by atoms with van der Waals surface area (Å²) in [5.74, 6) is -6.09. The monoisotopic (exact) mass is 643 g/mol. The molecule has 0 radical (unpaired) electrons. The lowest BCUT2D eigenvalue weighted by Gasteiger charge is -2.13. The summed E-state index contributed by atoms with van der Waals surface area (Å²) in [7, 11) is -4.03. The molecule has 9 nitrogen and oxygen atoms in total. The highest BCUT2D eigenvalue weighted by molar-refractivity contribution is 9.10. The number of amides is 1. The van der Waals surface area contributed by atoms with E-state index in [0.29, 0.717) is 15.8 Å². The molecule has 1 aromatic heterocycles. The van der Waals surface area contributed by atoms with E-state index >= 15 is 0 Å². The number of hydrogen-bond donors (Lipinski definition) is 2. The first-order valence-corrected chi connectivity index (χ1v) is 14.0. The Balaban J connectivity index is 1.37. The zero-order valence-electron chi connectivity index (χ0n) is 19.8. The Kier molecular flexibility index (Phi) is 8.42. The van der Waals surface area contributed by atoms with Gasteiger partial charge in [0.2, 0.25) is 0 Å². The molecule has 1 amide bonds. The van der Waals surface area contributed by atoms with Gasteiger partial charge in [0, 0.05) is 10.2 Å². The van der Waals surface area contributed by atoms with Crippen LogP contribution < -0.4 is 14.8 Å². The van der Waals surface area contributed by atoms with Gasteiger partial charge in [0.1, 0.15) is 16.2 Å². The molecule has 0 bridgehead atoms. The molecule has 2 N–H and O–H groups in total. The zero-order chi connectivity index (χ0) is 28.3. The van der Waals surface area contributed by atoms with Gasteiger partial charge in [-0.15, -0.1) is 0 Å². The predicted molar refractivity (Wildman–Crippen MR) is 141 cm³/mol. The Morgan fingerprint density at radius 1 is 1.05 bits per heavy atom. The minimum Gasteiger partial charge on any atom is -0.492 e. The molecule has 0 unspecified atom stereocenters. The van der Waals surface area contributed by atoms with Gasteiger partial charge in [-0.05, 0) is 55.5 Å². The lowest BCUT2D eigenvalue weighted by molar-refractivity contribution is -0.119. The van der Waals surface area contributed by atoms with Crippen molar-refractivity contribution in [2.75, 3.05) is 23.3 Å². The largest absolute Gasteiger partial charge is 0.492 e. The number of nitrogens with zero attached hydrogens (tertiary/aromatic N) is 1. The molecular formula is C24H17BrF3N3O6S2. The molecule has 0 spiro atoms. The number of fused-ring (bicyclic) bond motifs is 1. The number of carbonyl (C=O) groups is 2. The van der Waals surface area contributed by atoms with Crippen LogP contribution in [0, 0.1) is 17.5 Å². The molecule has 0 aliphatic rings. The van der Waals surface area contributed by atoms with Crippen LogP contribution in [0.3, 0.4) is 0 Å². The van der Waals surface area contributed by atoms with Gasteiger partial charge in [-0.2, -0.15) is 0 Å². The summed E-state index contributed by atoms with van der Waals surface area (Å²) in [6, 6.07) is 10.6. The molecular weight excluding hydrogens is 627 g/mol. The SMILES string of the molecule is CCOc1ccc(Br)cc1S(=O)(=O)Nc1ccc(C(=O)OCC(=O)Nc2nc3c(F)c(F)c(F)cc3s2)cc1. The molecule has 0 atom stereocenters. The van der Waals surface area contributed by atoms with Crippen molar-refractivity contribution in [3.8, 4) is 5.75 Å². The van der Waals surface area contributed by atoms with Gasteiger partial charge in [-0.3, -0.25) is 14.8 Å². The number of nitrogens with one attached hydrogen (secondary N) is 2. The van der Waals surface area contributed by atoms with Gasteiger partial charge in [-0.25, -0.2) is 31.4 Å².